The van der Waals surface area contributed by atoms with Gasteiger partial charge in [0, 0.05) is 18.7 Å². The number of hydrogen-bond acceptors (Lipinski definition) is 4. The summed E-state index contributed by atoms with van der Waals surface area (Å²) in [4.78, 5) is 0.228. The van der Waals surface area contributed by atoms with Crippen molar-refractivity contribution in [3.8, 4) is 0 Å². The van der Waals surface area contributed by atoms with Crippen LogP contribution in [0.2, 0.25) is 0 Å². The van der Waals surface area contributed by atoms with Gasteiger partial charge in [0.05, 0.1) is 0 Å². The normalized spacial score (nSPS) is 23.4. The van der Waals surface area contributed by atoms with Gasteiger partial charge < -0.3 is 10.2 Å². The van der Waals surface area contributed by atoms with Crippen LogP contribution in [0.3, 0.4) is 0 Å². The predicted molar refractivity (Wildman–Crippen MR) is 82.4 cm³/mol. The smallest absolute Gasteiger partial charge is 0.244 e. The number of rotatable bonds is 5. The number of hydrogen-bond donors (Lipinski definition) is 2. The molecule has 21 heavy (non-hydrogen) atoms. The van der Waals surface area contributed by atoms with E-state index >= 15 is 0 Å². The molecule has 0 unspecified atom stereocenters. The predicted octanol–water partition coefficient (Wildman–Crippen LogP) is 2.46. The molecule has 6 heteroatoms. The monoisotopic (exact) mass is 314 g/mol. The van der Waals surface area contributed by atoms with Gasteiger partial charge in [-0.3, -0.25) is 0 Å². The van der Waals surface area contributed by atoms with E-state index in [1.165, 1.54) is 12.8 Å². The molecule has 0 spiro atoms. The molecule has 1 heterocycles. The van der Waals surface area contributed by atoms with Gasteiger partial charge in [-0.25, -0.2) is 13.1 Å². The van der Waals surface area contributed by atoms with Crippen molar-refractivity contribution in [3.05, 3.63) is 17.1 Å². The van der Waals surface area contributed by atoms with Crippen LogP contribution in [0.4, 0.5) is 0 Å². The van der Waals surface area contributed by atoms with E-state index in [0.717, 1.165) is 18.8 Å². The van der Waals surface area contributed by atoms with Crippen LogP contribution in [-0.4, -0.2) is 15.0 Å². The Bertz CT molecular complexity index is 584. The van der Waals surface area contributed by atoms with Crippen LogP contribution in [0.15, 0.2) is 9.31 Å². The number of sulfonamides is 1. The summed E-state index contributed by atoms with van der Waals surface area (Å²) in [6.07, 6.45) is 4.56. The zero-order valence-corrected chi connectivity index (χ0v) is 13.9. The van der Waals surface area contributed by atoms with E-state index in [1.54, 1.807) is 13.8 Å². The Kier molecular flexibility index (Phi) is 5.11. The molecule has 0 saturated heterocycles. The van der Waals surface area contributed by atoms with E-state index in [1.807, 2.05) is 0 Å². The van der Waals surface area contributed by atoms with Gasteiger partial charge in [0.25, 0.3) is 0 Å². The first-order chi connectivity index (χ1) is 9.85. The van der Waals surface area contributed by atoms with Crippen molar-refractivity contribution < 1.29 is 12.8 Å². The summed E-state index contributed by atoms with van der Waals surface area (Å²) >= 11 is 0. The van der Waals surface area contributed by atoms with E-state index < -0.39 is 10.0 Å². The second-order valence-electron chi connectivity index (χ2n) is 6.20. The molecular formula is C15H26N2O3S. The third kappa shape index (κ3) is 3.67. The van der Waals surface area contributed by atoms with Gasteiger partial charge in [0.1, 0.15) is 16.4 Å². The second-order valence-corrected chi connectivity index (χ2v) is 7.91. The van der Waals surface area contributed by atoms with Crippen LogP contribution in [0.25, 0.3) is 0 Å². The highest BCUT2D eigenvalue weighted by Gasteiger charge is 2.27. The lowest BCUT2D eigenvalue weighted by Gasteiger charge is -2.26. The minimum atomic E-state index is -3.55. The Labute approximate surface area is 127 Å². The molecule has 0 amide bonds. The SMILES string of the molecule is Cc1oc(C)c(S(=O)(=O)NCC2CCC(C)CC2)c1CN. The molecule has 5 nitrogen and oxygen atoms in total. The van der Waals surface area contributed by atoms with E-state index in [9.17, 15) is 8.42 Å². The van der Waals surface area contributed by atoms with Gasteiger partial charge >= 0.3 is 0 Å². The fourth-order valence-electron chi connectivity index (χ4n) is 3.13. The highest BCUT2D eigenvalue weighted by Crippen LogP contribution is 2.29. The van der Waals surface area contributed by atoms with Crippen molar-refractivity contribution in [3.63, 3.8) is 0 Å². The average molecular weight is 314 g/mol. The number of nitrogens with one attached hydrogen (secondary N) is 1. The average Bonchev–Trinajstić information content (AvgIpc) is 2.73. The number of furan rings is 1. The molecule has 1 aromatic heterocycles. The molecule has 1 aromatic rings. The Morgan fingerprint density at radius 3 is 2.38 bits per heavy atom. The van der Waals surface area contributed by atoms with Crippen molar-refractivity contribution in [2.24, 2.45) is 17.6 Å². The largest absolute Gasteiger partial charge is 0.465 e. The van der Waals surface area contributed by atoms with Gasteiger partial charge in [0.2, 0.25) is 10.0 Å². The Morgan fingerprint density at radius 2 is 1.81 bits per heavy atom. The van der Waals surface area contributed by atoms with Gasteiger partial charge in [-0.15, -0.1) is 0 Å². The fourth-order valence-corrected chi connectivity index (χ4v) is 4.70. The van der Waals surface area contributed by atoms with Gasteiger partial charge in [-0.2, -0.15) is 0 Å². The standard InChI is InChI=1S/C15H26N2O3S/c1-10-4-6-13(7-5-10)9-17-21(18,19)15-12(3)20-11(2)14(15)8-16/h10,13,17H,4-9,16H2,1-3H3. The lowest BCUT2D eigenvalue weighted by molar-refractivity contribution is 0.290. The molecule has 120 valence electrons. The third-order valence-electron chi connectivity index (χ3n) is 4.50. The van der Waals surface area contributed by atoms with Gasteiger partial charge in [-0.05, 0) is 38.5 Å². The van der Waals surface area contributed by atoms with Crippen LogP contribution in [0.5, 0.6) is 0 Å². The summed E-state index contributed by atoms with van der Waals surface area (Å²) in [5.74, 6) is 2.20. The molecule has 0 aromatic carbocycles. The summed E-state index contributed by atoms with van der Waals surface area (Å²) in [6.45, 7) is 6.34. The van der Waals surface area contributed by atoms with E-state index in [4.69, 9.17) is 10.2 Å². The molecule has 1 fully saturated rings. The summed E-state index contributed by atoms with van der Waals surface area (Å²) in [5, 5.41) is 0. The quantitative estimate of drug-likeness (QED) is 0.874. The molecule has 0 radical (unpaired) electrons. The first-order valence-electron chi connectivity index (χ1n) is 7.63. The zero-order chi connectivity index (χ0) is 15.6. The summed E-state index contributed by atoms with van der Waals surface area (Å²) < 4.78 is 33.2. The van der Waals surface area contributed by atoms with Crippen LogP contribution in [-0.2, 0) is 16.6 Å². The van der Waals surface area contributed by atoms with Crippen LogP contribution in [0.1, 0.15) is 49.7 Å². The summed E-state index contributed by atoms with van der Waals surface area (Å²) in [7, 11) is -3.55. The molecule has 1 aliphatic rings. The van der Waals surface area contributed by atoms with Crippen molar-refractivity contribution in [2.75, 3.05) is 6.54 Å². The second kappa shape index (κ2) is 6.50. The first kappa shape index (κ1) is 16.5. The number of aryl methyl sites for hydroxylation is 2. The maximum absolute atomic E-state index is 12.5. The molecule has 0 bridgehead atoms. The Balaban J connectivity index is 2.09. The number of nitrogens with two attached hydrogens (primary N) is 1. The Morgan fingerprint density at radius 1 is 1.19 bits per heavy atom. The van der Waals surface area contributed by atoms with E-state index in [2.05, 4.69) is 11.6 Å². The minimum Gasteiger partial charge on any atom is -0.465 e. The first-order valence-corrected chi connectivity index (χ1v) is 9.12. The molecule has 0 aliphatic heterocycles. The van der Waals surface area contributed by atoms with Gasteiger partial charge in [-0.1, -0.05) is 19.8 Å². The fraction of sp³-hybridized carbons (Fsp3) is 0.733. The van der Waals surface area contributed by atoms with Crippen molar-refractivity contribution >= 4 is 10.0 Å². The molecule has 1 saturated carbocycles. The highest BCUT2D eigenvalue weighted by atomic mass is 32.2. The molecule has 1 aliphatic carbocycles. The van der Waals surface area contributed by atoms with Crippen molar-refractivity contribution in [1.82, 2.24) is 4.72 Å². The molecule has 2 rings (SSSR count). The topological polar surface area (TPSA) is 85.3 Å². The third-order valence-corrected chi connectivity index (χ3v) is 6.11. The maximum atomic E-state index is 12.5. The molecule has 3 N–H and O–H groups in total. The van der Waals surface area contributed by atoms with E-state index in [-0.39, 0.29) is 11.4 Å². The zero-order valence-electron chi connectivity index (χ0n) is 13.1. The van der Waals surface area contributed by atoms with Crippen LogP contribution < -0.4 is 10.5 Å². The molecular weight excluding hydrogens is 288 g/mol. The lowest BCUT2D eigenvalue weighted by atomic mass is 9.83. The van der Waals surface area contributed by atoms with E-state index in [0.29, 0.717) is 29.5 Å². The van der Waals surface area contributed by atoms with Crippen LogP contribution >= 0.6 is 0 Å². The minimum absolute atomic E-state index is 0.167. The summed E-state index contributed by atoms with van der Waals surface area (Å²) in [6, 6.07) is 0. The lowest BCUT2D eigenvalue weighted by Crippen LogP contribution is -2.32. The molecule has 0 atom stereocenters. The Hall–Kier alpha value is -0.850. The highest BCUT2D eigenvalue weighted by molar-refractivity contribution is 7.89. The maximum Gasteiger partial charge on any atom is 0.244 e. The van der Waals surface area contributed by atoms with Crippen molar-refractivity contribution in [2.45, 2.75) is 57.9 Å². The van der Waals surface area contributed by atoms with Crippen LogP contribution in [0, 0.1) is 25.7 Å². The summed E-state index contributed by atoms with van der Waals surface area (Å²) in [5.41, 5.74) is 6.24. The van der Waals surface area contributed by atoms with Gasteiger partial charge in [0.15, 0.2) is 0 Å². The van der Waals surface area contributed by atoms with Crippen molar-refractivity contribution in [1.29, 1.82) is 0 Å².